The Morgan fingerprint density at radius 3 is 2.52 bits per heavy atom. The van der Waals surface area contributed by atoms with E-state index in [0.29, 0.717) is 19.5 Å². The average molecular weight is 566 g/mol. The van der Waals surface area contributed by atoms with Gasteiger partial charge in [0.05, 0.1) is 17.3 Å². The second-order valence-corrected chi connectivity index (χ2v) is 10.8. The number of alkyl halides is 3. The molecule has 0 saturated carbocycles. The Labute approximate surface area is 223 Å². The summed E-state index contributed by atoms with van der Waals surface area (Å²) in [5, 5.41) is 50.3. The van der Waals surface area contributed by atoms with Crippen molar-refractivity contribution in [3.05, 3.63) is 39.4 Å². The summed E-state index contributed by atoms with van der Waals surface area (Å²) in [6.07, 6.45) is -5.22. The van der Waals surface area contributed by atoms with Crippen molar-refractivity contribution in [2.75, 3.05) is 18.4 Å². The van der Waals surface area contributed by atoms with Crippen LogP contribution in [0.4, 0.5) is 18.9 Å². The van der Waals surface area contributed by atoms with Crippen molar-refractivity contribution in [3.63, 3.8) is 0 Å². The molecule has 2 aliphatic heterocycles. The van der Waals surface area contributed by atoms with Gasteiger partial charge >= 0.3 is 6.36 Å². The molecule has 6 atom stereocenters. The summed E-state index contributed by atoms with van der Waals surface area (Å²) in [5.41, 5.74) is 5.78. The molecule has 0 aromatic heterocycles. The first-order chi connectivity index (χ1) is 18.7. The molecule has 1 amide bonds. The van der Waals surface area contributed by atoms with E-state index in [1.165, 1.54) is 0 Å². The van der Waals surface area contributed by atoms with Crippen LogP contribution in [0.2, 0.25) is 0 Å². The number of anilines is 1. The molecule has 2 heterocycles. The summed E-state index contributed by atoms with van der Waals surface area (Å²) in [6.45, 7) is 0.811. The van der Waals surface area contributed by atoms with Crippen LogP contribution in [0.1, 0.15) is 40.4 Å². The van der Waals surface area contributed by atoms with Crippen molar-refractivity contribution >= 4 is 23.2 Å². The topological polar surface area (TPSA) is 217 Å². The standard InChI is InChI=1S/C25H25F3N4O8/c26-25(27,28)40-20-8-3-7-4-9-14(29)18(34)13(23(30)38)22(37)24(9,39)21(36)10(7)17(33)11(8)19(35)16-12(20)15-6(5-32-16)1-2-31-15/h6-7,9,14-15,31-32,34-36,39H,1-5,29H2,(H2,30,38)/t6?,7-,9-,14-,15?,24-/m0/s1. The number of fused-ring (bicyclic) bond motifs is 6. The van der Waals surface area contributed by atoms with Crippen LogP contribution in [0.15, 0.2) is 22.7 Å². The van der Waals surface area contributed by atoms with E-state index in [-0.39, 0.29) is 35.6 Å². The molecule has 1 fully saturated rings. The lowest BCUT2D eigenvalue weighted by atomic mass is 9.58. The number of ketones is 2. The number of hydrogen-bond donors (Lipinski definition) is 8. The Bertz CT molecular complexity index is 1470. The molecule has 0 bridgehead atoms. The number of rotatable bonds is 2. The van der Waals surface area contributed by atoms with Gasteiger partial charge in [0.2, 0.25) is 5.78 Å². The Morgan fingerprint density at radius 1 is 1.18 bits per heavy atom. The van der Waals surface area contributed by atoms with E-state index in [1.54, 1.807) is 0 Å². The molecule has 0 radical (unpaired) electrons. The monoisotopic (exact) mass is 566 g/mol. The van der Waals surface area contributed by atoms with Crippen LogP contribution in [0.25, 0.3) is 0 Å². The van der Waals surface area contributed by atoms with Crippen LogP contribution in [-0.2, 0) is 16.0 Å². The largest absolute Gasteiger partial charge is 0.573 e. The van der Waals surface area contributed by atoms with Crippen LogP contribution in [0.5, 0.6) is 11.5 Å². The Morgan fingerprint density at radius 2 is 1.88 bits per heavy atom. The van der Waals surface area contributed by atoms with Crippen molar-refractivity contribution in [2.45, 2.75) is 43.3 Å². The van der Waals surface area contributed by atoms with Crippen molar-refractivity contribution in [1.29, 1.82) is 0 Å². The van der Waals surface area contributed by atoms with Gasteiger partial charge in [0.15, 0.2) is 17.1 Å². The third kappa shape index (κ3) is 3.34. The maximum Gasteiger partial charge on any atom is 0.573 e. The van der Waals surface area contributed by atoms with Gasteiger partial charge in [-0.25, -0.2) is 0 Å². The Balaban J connectivity index is 1.57. The number of phenolic OH excluding ortho intramolecular Hbond substituents is 1. The summed E-state index contributed by atoms with van der Waals surface area (Å²) in [6, 6.07) is -2.18. The number of Topliss-reactive ketones (excluding diaryl/α,β-unsaturated/α-hetero) is 2. The van der Waals surface area contributed by atoms with Gasteiger partial charge in [0, 0.05) is 35.2 Å². The minimum atomic E-state index is -5.15. The molecular formula is C25H25F3N4O8. The zero-order chi connectivity index (χ0) is 29.0. The number of nitrogens with two attached hydrogens (primary N) is 2. The summed E-state index contributed by atoms with van der Waals surface area (Å²) in [7, 11) is 0. The Hall–Kier alpha value is -3.82. The number of carbonyl (C=O) groups excluding carboxylic acids is 3. The summed E-state index contributed by atoms with van der Waals surface area (Å²) in [5.74, 6) is -10.1. The highest BCUT2D eigenvalue weighted by molar-refractivity contribution is 6.25. The van der Waals surface area contributed by atoms with Gasteiger partial charge in [-0.2, -0.15) is 0 Å². The third-order valence-electron chi connectivity index (χ3n) is 8.83. The van der Waals surface area contributed by atoms with E-state index in [2.05, 4.69) is 15.4 Å². The molecule has 6 rings (SSSR count). The second kappa shape index (κ2) is 8.34. The van der Waals surface area contributed by atoms with Gasteiger partial charge in [-0.05, 0) is 37.6 Å². The molecule has 1 saturated heterocycles. The first-order valence-corrected chi connectivity index (χ1v) is 12.6. The zero-order valence-corrected chi connectivity index (χ0v) is 20.6. The molecule has 5 aliphatic rings. The third-order valence-corrected chi connectivity index (χ3v) is 8.83. The number of ether oxygens (including phenoxy) is 1. The second-order valence-electron chi connectivity index (χ2n) is 10.8. The number of halogens is 3. The number of carbonyl (C=O) groups is 3. The van der Waals surface area contributed by atoms with Crippen molar-refractivity contribution in [1.82, 2.24) is 5.32 Å². The number of amides is 1. The summed E-state index contributed by atoms with van der Waals surface area (Å²) < 4.78 is 45.6. The van der Waals surface area contributed by atoms with E-state index in [0.717, 1.165) is 0 Å². The maximum atomic E-state index is 13.8. The fraction of sp³-hybridized carbons (Fsp3) is 0.480. The van der Waals surface area contributed by atoms with Gasteiger partial charge in [0.25, 0.3) is 5.91 Å². The smallest absolute Gasteiger partial charge is 0.510 e. The number of benzene rings is 1. The van der Waals surface area contributed by atoms with Crippen molar-refractivity contribution in [3.8, 4) is 11.5 Å². The lowest BCUT2D eigenvalue weighted by molar-refractivity contribution is -0.275. The first-order valence-electron chi connectivity index (χ1n) is 12.6. The molecule has 2 unspecified atom stereocenters. The van der Waals surface area contributed by atoms with E-state index in [4.69, 9.17) is 11.5 Å². The number of aliphatic hydroxyl groups excluding tert-OH is 2. The number of aliphatic hydroxyl groups is 3. The average Bonchev–Trinajstić information content (AvgIpc) is 3.35. The fourth-order valence-corrected chi connectivity index (χ4v) is 7.09. The predicted octanol–water partition coefficient (Wildman–Crippen LogP) is 0.492. The van der Waals surface area contributed by atoms with Crippen LogP contribution >= 0.6 is 0 Å². The minimum absolute atomic E-state index is 0.0234. The minimum Gasteiger partial charge on any atom is -0.510 e. The summed E-state index contributed by atoms with van der Waals surface area (Å²) >= 11 is 0. The van der Waals surface area contributed by atoms with E-state index in [1.807, 2.05) is 0 Å². The normalized spacial score (nSPS) is 33.0. The molecule has 3 aliphatic carbocycles. The number of primary amides is 1. The highest BCUT2D eigenvalue weighted by atomic mass is 19.4. The maximum absolute atomic E-state index is 13.8. The molecule has 1 aromatic carbocycles. The Kier molecular flexibility index (Phi) is 5.51. The number of allylic oxidation sites excluding steroid dienone is 1. The molecule has 12 nitrogen and oxygen atoms in total. The van der Waals surface area contributed by atoms with Crippen LogP contribution < -0.4 is 26.8 Å². The summed E-state index contributed by atoms with van der Waals surface area (Å²) in [4.78, 5) is 38.9. The predicted molar refractivity (Wildman–Crippen MR) is 128 cm³/mol. The lowest BCUT2D eigenvalue weighted by Crippen LogP contribution is -2.63. The fourth-order valence-electron chi connectivity index (χ4n) is 7.09. The van der Waals surface area contributed by atoms with Gasteiger partial charge in [-0.3, -0.25) is 14.4 Å². The lowest BCUT2D eigenvalue weighted by Gasteiger charge is -2.48. The molecule has 1 aromatic rings. The highest BCUT2D eigenvalue weighted by Crippen LogP contribution is 2.57. The molecular weight excluding hydrogens is 541 g/mol. The van der Waals surface area contributed by atoms with Crippen LogP contribution in [0, 0.1) is 17.8 Å². The number of phenols is 1. The quantitative estimate of drug-likeness (QED) is 0.182. The van der Waals surface area contributed by atoms with Crippen LogP contribution in [-0.4, -0.2) is 69.0 Å². The molecule has 0 spiro atoms. The molecule has 10 N–H and O–H groups in total. The van der Waals surface area contributed by atoms with E-state index in [9.17, 15) is 48.0 Å². The number of hydrogen-bond acceptors (Lipinski definition) is 11. The number of aromatic hydroxyl groups is 1. The SMILES string of the molecule is NC(=O)C1=C(O)[C@@H](N)[C@@H]2C[C@@H]3Cc4c(OC(F)(F)F)c5c(c(O)c4C(=O)C3=C(O)[C@]2(O)C1=O)NCC1CCNC51. The number of nitrogens with one attached hydrogen (secondary N) is 2. The van der Waals surface area contributed by atoms with Crippen molar-refractivity contribution < 1.29 is 52.7 Å². The zero-order valence-electron chi connectivity index (χ0n) is 20.6. The van der Waals surface area contributed by atoms with Gasteiger partial charge in [-0.1, -0.05) is 0 Å². The molecule has 15 heteroatoms. The first kappa shape index (κ1) is 26.4. The van der Waals surface area contributed by atoms with Gasteiger partial charge in [-0.15, -0.1) is 13.2 Å². The molecule has 214 valence electrons. The van der Waals surface area contributed by atoms with Gasteiger partial charge in [0.1, 0.15) is 22.8 Å². The highest BCUT2D eigenvalue weighted by Gasteiger charge is 2.62. The van der Waals surface area contributed by atoms with Crippen LogP contribution in [0.3, 0.4) is 0 Å². The van der Waals surface area contributed by atoms with E-state index >= 15 is 0 Å². The van der Waals surface area contributed by atoms with Gasteiger partial charge < -0.3 is 47.3 Å². The molecule has 40 heavy (non-hydrogen) atoms. The van der Waals surface area contributed by atoms with E-state index < -0.39 is 93.1 Å². The van der Waals surface area contributed by atoms with Crippen molar-refractivity contribution in [2.24, 2.45) is 29.2 Å².